The quantitative estimate of drug-likeness (QED) is 0.862. The molecular formula is C13H19BrN4S. The Kier molecular flexibility index (Phi) is 4.43. The molecule has 0 amide bonds. The zero-order valence-electron chi connectivity index (χ0n) is 11.6. The normalized spacial score (nSPS) is 13.6. The number of nitrogens with one attached hydrogen (secondary N) is 1. The van der Waals surface area contributed by atoms with Crippen LogP contribution in [0.1, 0.15) is 19.9 Å². The first-order valence-corrected chi connectivity index (χ1v) is 7.50. The Morgan fingerprint density at radius 2 is 2.16 bits per heavy atom. The Bertz CT molecular complexity index is 629. The fraction of sp³-hybridized carbons (Fsp3) is 0.538. The second kappa shape index (κ2) is 5.73. The number of pyridine rings is 1. The van der Waals surface area contributed by atoms with Gasteiger partial charge in [0.05, 0.1) is 11.6 Å². The number of aromatic amines is 1. The van der Waals surface area contributed by atoms with Gasteiger partial charge in [0.25, 0.3) is 0 Å². The van der Waals surface area contributed by atoms with E-state index < -0.39 is 0 Å². The molecule has 0 aliphatic carbocycles. The van der Waals surface area contributed by atoms with Crippen LogP contribution in [0.2, 0.25) is 0 Å². The molecule has 0 aliphatic rings. The van der Waals surface area contributed by atoms with Gasteiger partial charge in [0, 0.05) is 17.2 Å². The molecule has 0 aliphatic heterocycles. The molecule has 1 N–H and O–H groups in total. The van der Waals surface area contributed by atoms with Gasteiger partial charge in [-0.1, -0.05) is 13.8 Å². The molecule has 2 rings (SSSR count). The molecule has 1 unspecified atom stereocenters. The third-order valence-electron chi connectivity index (χ3n) is 3.18. The lowest BCUT2D eigenvalue weighted by molar-refractivity contribution is 0.271. The van der Waals surface area contributed by atoms with E-state index >= 15 is 0 Å². The Morgan fingerprint density at radius 1 is 1.47 bits per heavy atom. The van der Waals surface area contributed by atoms with Crippen LogP contribution in [0.4, 0.5) is 0 Å². The van der Waals surface area contributed by atoms with Crippen LogP contribution in [0.25, 0.3) is 11.2 Å². The van der Waals surface area contributed by atoms with Gasteiger partial charge in [-0.2, -0.15) is 0 Å². The zero-order chi connectivity index (χ0) is 14.2. The van der Waals surface area contributed by atoms with E-state index in [1.54, 1.807) is 0 Å². The molecule has 0 saturated carbocycles. The average molecular weight is 343 g/mol. The highest BCUT2D eigenvalue weighted by Gasteiger charge is 2.20. The van der Waals surface area contributed by atoms with Gasteiger partial charge in [0.15, 0.2) is 10.4 Å². The monoisotopic (exact) mass is 342 g/mol. The molecule has 104 valence electrons. The van der Waals surface area contributed by atoms with E-state index in [0.29, 0.717) is 12.0 Å². The molecule has 0 spiro atoms. The standard InChI is InChI=1S/C13H19BrN4S/c1-8(2)11(7-17(3)4)18-12-10(16-13(18)19)5-9(14)6-15-12/h5-6,8,11H,7H2,1-4H3,(H,16,19). The Hall–Kier alpha value is -0.720. The molecule has 1 atom stereocenters. The minimum atomic E-state index is 0.310. The Balaban J connectivity index is 2.59. The predicted molar refractivity (Wildman–Crippen MR) is 85.0 cm³/mol. The minimum Gasteiger partial charge on any atom is -0.329 e. The lowest BCUT2D eigenvalue weighted by Gasteiger charge is -2.26. The Labute approximate surface area is 127 Å². The van der Waals surface area contributed by atoms with Crippen molar-refractivity contribution < 1.29 is 0 Å². The fourth-order valence-electron chi connectivity index (χ4n) is 2.26. The van der Waals surface area contributed by atoms with E-state index in [2.05, 4.69) is 63.3 Å². The molecule has 6 heteroatoms. The molecule has 2 aromatic heterocycles. The van der Waals surface area contributed by atoms with Crippen LogP contribution < -0.4 is 0 Å². The molecule has 4 nitrogen and oxygen atoms in total. The number of likely N-dealkylation sites (N-methyl/N-ethyl adjacent to an activating group) is 1. The summed E-state index contributed by atoms with van der Waals surface area (Å²) in [5.74, 6) is 0.485. The number of imidazole rings is 1. The summed E-state index contributed by atoms with van der Waals surface area (Å²) in [6, 6.07) is 2.33. The van der Waals surface area contributed by atoms with E-state index in [0.717, 1.165) is 27.0 Å². The molecule has 0 saturated heterocycles. The van der Waals surface area contributed by atoms with E-state index in [1.165, 1.54) is 0 Å². The maximum atomic E-state index is 5.48. The lowest BCUT2D eigenvalue weighted by Crippen LogP contribution is -2.28. The van der Waals surface area contributed by atoms with Crippen molar-refractivity contribution in [3.05, 3.63) is 21.5 Å². The molecule has 19 heavy (non-hydrogen) atoms. The van der Waals surface area contributed by atoms with Crippen LogP contribution in [0, 0.1) is 10.7 Å². The van der Waals surface area contributed by atoms with E-state index in [1.807, 2.05) is 12.3 Å². The van der Waals surface area contributed by atoms with Crippen molar-refractivity contribution in [3.63, 3.8) is 0 Å². The molecule has 0 fully saturated rings. The number of rotatable bonds is 4. The minimum absolute atomic E-state index is 0.310. The van der Waals surface area contributed by atoms with Crippen LogP contribution in [0.5, 0.6) is 0 Å². The topological polar surface area (TPSA) is 36.9 Å². The van der Waals surface area contributed by atoms with Gasteiger partial charge in [0.1, 0.15) is 0 Å². The van der Waals surface area contributed by atoms with Gasteiger partial charge >= 0.3 is 0 Å². The first kappa shape index (κ1) is 14.7. The number of aromatic nitrogens is 3. The molecule has 0 radical (unpaired) electrons. The first-order valence-electron chi connectivity index (χ1n) is 6.30. The van der Waals surface area contributed by atoms with Crippen LogP contribution >= 0.6 is 28.1 Å². The summed E-state index contributed by atoms with van der Waals surface area (Å²) < 4.78 is 3.83. The number of halogens is 1. The third-order valence-corrected chi connectivity index (χ3v) is 3.91. The third kappa shape index (κ3) is 3.07. The Morgan fingerprint density at radius 3 is 2.74 bits per heavy atom. The summed E-state index contributed by atoms with van der Waals surface area (Å²) in [7, 11) is 4.16. The van der Waals surface area contributed by atoms with Crippen molar-refractivity contribution in [2.45, 2.75) is 19.9 Å². The van der Waals surface area contributed by atoms with Crippen molar-refractivity contribution in [1.82, 2.24) is 19.4 Å². The molecule has 2 heterocycles. The van der Waals surface area contributed by atoms with E-state index in [4.69, 9.17) is 12.2 Å². The number of hydrogen-bond acceptors (Lipinski definition) is 3. The summed E-state index contributed by atoms with van der Waals surface area (Å²) in [4.78, 5) is 9.94. The molecular weight excluding hydrogens is 324 g/mol. The SMILES string of the molecule is CC(C)C(CN(C)C)n1c(=S)[nH]c2cc(Br)cnc21. The van der Waals surface area contributed by atoms with Gasteiger partial charge in [-0.15, -0.1) is 0 Å². The van der Waals surface area contributed by atoms with Crippen molar-refractivity contribution >= 4 is 39.3 Å². The van der Waals surface area contributed by atoms with Crippen molar-refractivity contribution in [1.29, 1.82) is 0 Å². The number of hydrogen-bond donors (Lipinski definition) is 1. The van der Waals surface area contributed by atoms with Crippen LogP contribution in [-0.4, -0.2) is 40.1 Å². The molecule has 2 aromatic rings. The number of fused-ring (bicyclic) bond motifs is 1. The van der Waals surface area contributed by atoms with Crippen molar-refractivity contribution in [2.24, 2.45) is 5.92 Å². The van der Waals surface area contributed by atoms with Crippen LogP contribution in [0.3, 0.4) is 0 Å². The smallest absolute Gasteiger partial charge is 0.179 e. The summed E-state index contributed by atoms with van der Waals surface area (Å²) >= 11 is 8.92. The summed E-state index contributed by atoms with van der Waals surface area (Å²) in [6.45, 7) is 5.37. The second-order valence-corrected chi connectivity index (χ2v) is 6.70. The van der Waals surface area contributed by atoms with Crippen LogP contribution in [-0.2, 0) is 0 Å². The van der Waals surface area contributed by atoms with Gasteiger partial charge in [-0.3, -0.25) is 4.57 Å². The van der Waals surface area contributed by atoms with Crippen molar-refractivity contribution in [3.8, 4) is 0 Å². The maximum absolute atomic E-state index is 5.48. The highest BCUT2D eigenvalue weighted by Crippen LogP contribution is 2.25. The zero-order valence-corrected chi connectivity index (χ0v) is 14.0. The number of nitrogens with zero attached hydrogens (tertiary/aromatic N) is 3. The molecule has 0 aromatic carbocycles. The van der Waals surface area contributed by atoms with Gasteiger partial charge in [0.2, 0.25) is 0 Å². The summed E-state index contributed by atoms with van der Waals surface area (Å²) in [5, 5.41) is 0. The highest BCUT2D eigenvalue weighted by atomic mass is 79.9. The predicted octanol–water partition coefficient (Wildman–Crippen LogP) is 3.62. The first-order chi connectivity index (χ1) is 8.90. The maximum Gasteiger partial charge on any atom is 0.179 e. The second-order valence-electron chi connectivity index (χ2n) is 5.40. The van der Waals surface area contributed by atoms with Gasteiger partial charge in [-0.05, 0) is 54.2 Å². The highest BCUT2D eigenvalue weighted by molar-refractivity contribution is 9.10. The van der Waals surface area contributed by atoms with Gasteiger partial charge < -0.3 is 9.88 Å². The number of H-pyrrole nitrogens is 1. The molecule has 0 bridgehead atoms. The average Bonchev–Trinajstić information content (AvgIpc) is 2.60. The largest absolute Gasteiger partial charge is 0.329 e. The van der Waals surface area contributed by atoms with E-state index in [-0.39, 0.29) is 0 Å². The summed E-state index contributed by atoms with van der Waals surface area (Å²) in [5.41, 5.74) is 1.90. The van der Waals surface area contributed by atoms with E-state index in [9.17, 15) is 0 Å². The summed E-state index contributed by atoms with van der Waals surface area (Å²) in [6.07, 6.45) is 1.81. The fourth-order valence-corrected chi connectivity index (χ4v) is 2.92. The van der Waals surface area contributed by atoms with Crippen LogP contribution in [0.15, 0.2) is 16.7 Å². The lowest BCUT2D eigenvalue weighted by atomic mass is 10.0. The van der Waals surface area contributed by atoms with Gasteiger partial charge in [-0.25, -0.2) is 4.98 Å². The van der Waals surface area contributed by atoms with Crippen molar-refractivity contribution in [2.75, 3.05) is 20.6 Å².